The smallest absolute Gasteiger partial charge is 0.263 e. The fourth-order valence-corrected chi connectivity index (χ4v) is 5.71. The Bertz CT molecular complexity index is 959. The molecular formula is C22H26BrNO4S. The zero-order valence-corrected chi connectivity index (χ0v) is 19.1. The lowest BCUT2D eigenvalue weighted by Gasteiger charge is -2.31. The van der Waals surface area contributed by atoms with E-state index >= 15 is 0 Å². The van der Waals surface area contributed by atoms with Crippen molar-refractivity contribution in [2.24, 2.45) is 0 Å². The molecule has 2 unspecified atom stereocenters. The van der Waals surface area contributed by atoms with Gasteiger partial charge in [-0.15, -0.1) is 0 Å². The van der Waals surface area contributed by atoms with E-state index in [2.05, 4.69) is 22.9 Å². The molecule has 0 bridgehead atoms. The molecule has 156 valence electrons. The molecule has 0 aromatic heterocycles. The Morgan fingerprint density at radius 2 is 1.93 bits per heavy atom. The number of hydrogen-bond acceptors (Lipinski definition) is 4. The molecule has 2 aromatic rings. The van der Waals surface area contributed by atoms with E-state index in [9.17, 15) is 13.2 Å². The van der Waals surface area contributed by atoms with Gasteiger partial charge in [-0.25, -0.2) is 8.42 Å². The van der Waals surface area contributed by atoms with Crippen molar-refractivity contribution >= 4 is 31.7 Å². The minimum absolute atomic E-state index is 0.00462. The van der Waals surface area contributed by atoms with Crippen molar-refractivity contribution in [3.63, 3.8) is 0 Å². The SMILES string of the molecule is CCc1ccc(OC(C)C(=O)N(Cc2cccc(Br)c2)C2CCS(=O)(=O)C2)cc1. The molecule has 0 saturated carbocycles. The number of hydrogen-bond donors (Lipinski definition) is 0. The average molecular weight is 480 g/mol. The molecule has 1 fully saturated rings. The first kappa shape index (κ1) is 21.8. The molecule has 5 nitrogen and oxygen atoms in total. The summed E-state index contributed by atoms with van der Waals surface area (Å²) in [5.74, 6) is 0.550. The van der Waals surface area contributed by atoms with Gasteiger partial charge in [0.1, 0.15) is 5.75 Å². The highest BCUT2D eigenvalue weighted by molar-refractivity contribution is 9.10. The summed E-state index contributed by atoms with van der Waals surface area (Å²) in [5, 5.41) is 0. The highest BCUT2D eigenvalue weighted by Gasteiger charge is 2.36. The fourth-order valence-electron chi connectivity index (χ4n) is 3.53. The summed E-state index contributed by atoms with van der Waals surface area (Å²) in [7, 11) is -3.11. The Kier molecular flexibility index (Phi) is 7.01. The van der Waals surface area contributed by atoms with E-state index in [0.29, 0.717) is 18.7 Å². The Morgan fingerprint density at radius 3 is 2.52 bits per heavy atom. The van der Waals surface area contributed by atoms with Gasteiger partial charge in [-0.3, -0.25) is 4.79 Å². The van der Waals surface area contributed by atoms with Crippen LogP contribution in [0.1, 0.15) is 31.4 Å². The van der Waals surface area contributed by atoms with E-state index in [1.54, 1.807) is 11.8 Å². The van der Waals surface area contributed by atoms with Gasteiger partial charge in [-0.2, -0.15) is 0 Å². The standard InChI is InChI=1S/C22H26BrNO4S/c1-3-17-7-9-21(10-8-17)28-16(2)22(25)24(20-11-12-29(26,27)15-20)14-18-5-4-6-19(23)13-18/h4-10,13,16,20H,3,11-12,14-15H2,1-2H3. The van der Waals surface area contributed by atoms with Gasteiger partial charge in [0.2, 0.25) is 0 Å². The third-order valence-electron chi connectivity index (χ3n) is 5.17. The van der Waals surface area contributed by atoms with Crippen LogP contribution in [0.25, 0.3) is 0 Å². The van der Waals surface area contributed by atoms with Crippen molar-refractivity contribution in [1.82, 2.24) is 4.90 Å². The predicted molar refractivity (Wildman–Crippen MR) is 118 cm³/mol. The Balaban J connectivity index is 1.78. The van der Waals surface area contributed by atoms with Crippen LogP contribution < -0.4 is 4.74 Å². The molecule has 1 aliphatic heterocycles. The topological polar surface area (TPSA) is 63.7 Å². The van der Waals surface area contributed by atoms with Crippen molar-refractivity contribution in [1.29, 1.82) is 0 Å². The summed E-state index contributed by atoms with van der Waals surface area (Å²) in [6.07, 6.45) is 0.684. The second-order valence-electron chi connectivity index (χ2n) is 7.41. The van der Waals surface area contributed by atoms with Gasteiger partial charge in [-0.05, 0) is 55.2 Å². The van der Waals surface area contributed by atoms with Crippen molar-refractivity contribution in [3.05, 3.63) is 64.1 Å². The third kappa shape index (κ3) is 5.82. The molecule has 0 spiro atoms. The van der Waals surface area contributed by atoms with Gasteiger partial charge < -0.3 is 9.64 Å². The lowest BCUT2D eigenvalue weighted by Crippen LogP contribution is -2.46. The minimum Gasteiger partial charge on any atom is -0.481 e. The molecule has 29 heavy (non-hydrogen) atoms. The maximum atomic E-state index is 13.3. The van der Waals surface area contributed by atoms with Crippen molar-refractivity contribution < 1.29 is 17.9 Å². The Morgan fingerprint density at radius 1 is 1.21 bits per heavy atom. The molecule has 0 aliphatic carbocycles. The number of sulfone groups is 1. The van der Waals surface area contributed by atoms with Crippen LogP contribution in [-0.4, -0.2) is 42.9 Å². The highest BCUT2D eigenvalue weighted by Crippen LogP contribution is 2.23. The zero-order valence-electron chi connectivity index (χ0n) is 16.7. The molecule has 1 aliphatic rings. The lowest BCUT2D eigenvalue weighted by atomic mass is 10.1. The van der Waals surface area contributed by atoms with E-state index in [4.69, 9.17) is 4.74 Å². The van der Waals surface area contributed by atoms with Gasteiger partial charge in [0.25, 0.3) is 5.91 Å². The average Bonchev–Trinajstić information content (AvgIpc) is 3.05. The van der Waals surface area contributed by atoms with E-state index in [1.165, 1.54) is 5.56 Å². The molecule has 1 heterocycles. The quantitative estimate of drug-likeness (QED) is 0.601. The number of aryl methyl sites for hydroxylation is 1. The summed E-state index contributed by atoms with van der Waals surface area (Å²) in [6, 6.07) is 15.1. The molecule has 0 radical (unpaired) electrons. The summed E-state index contributed by atoms with van der Waals surface area (Å²) < 4.78 is 30.8. The first-order chi connectivity index (χ1) is 13.8. The van der Waals surface area contributed by atoms with Crippen LogP contribution in [0.2, 0.25) is 0 Å². The molecule has 3 rings (SSSR count). The number of nitrogens with zero attached hydrogens (tertiary/aromatic N) is 1. The number of rotatable bonds is 7. The summed E-state index contributed by atoms with van der Waals surface area (Å²) in [6.45, 7) is 4.14. The van der Waals surface area contributed by atoms with Gasteiger partial charge in [0, 0.05) is 17.1 Å². The number of carbonyl (C=O) groups excluding carboxylic acids is 1. The molecule has 1 saturated heterocycles. The van der Waals surface area contributed by atoms with Crippen LogP contribution in [0.4, 0.5) is 0 Å². The number of benzene rings is 2. The van der Waals surface area contributed by atoms with Crippen LogP contribution in [0.15, 0.2) is 53.0 Å². The van der Waals surface area contributed by atoms with Crippen LogP contribution in [0.5, 0.6) is 5.75 Å². The number of carbonyl (C=O) groups is 1. The third-order valence-corrected chi connectivity index (χ3v) is 7.41. The Hall–Kier alpha value is -1.86. The van der Waals surface area contributed by atoms with E-state index in [-0.39, 0.29) is 23.5 Å². The second kappa shape index (κ2) is 9.30. The molecule has 0 N–H and O–H groups in total. The maximum Gasteiger partial charge on any atom is 0.263 e. The van der Waals surface area contributed by atoms with Crippen molar-refractivity contribution in [3.8, 4) is 5.75 Å². The highest BCUT2D eigenvalue weighted by atomic mass is 79.9. The summed E-state index contributed by atoms with van der Waals surface area (Å²) >= 11 is 3.45. The number of ether oxygens (including phenoxy) is 1. The normalized spacial score (nSPS) is 18.9. The summed E-state index contributed by atoms with van der Waals surface area (Å²) in [4.78, 5) is 14.9. The zero-order chi connectivity index (χ0) is 21.0. The molecule has 1 amide bonds. The van der Waals surface area contributed by atoms with Crippen LogP contribution in [0, 0.1) is 0 Å². The molecule has 2 aromatic carbocycles. The fraction of sp³-hybridized carbons (Fsp3) is 0.409. The van der Waals surface area contributed by atoms with Gasteiger partial charge >= 0.3 is 0 Å². The minimum atomic E-state index is -3.11. The maximum absolute atomic E-state index is 13.3. The van der Waals surface area contributed by atoms with Gasteiger partial charge in [-0.1, -0.05) is 47.1 Å². The first-order valence-electron chi connectivity index (χ1n) is 9.78. The monoisotopic (exact) mass is 479 g/mol. The molecule has 7 heteroatoms. The van der Waals surface area contributed by atoms with Gasteiger partial charge in [0.05, 0.1) is 11.5 Å². The predicted octanol–water partition coefficient (Wildman–Crippen LogP) is 3.99. The van der Waals surface area contributed by atoms with Crippen LogP contribution in [-0.2, 0) is 27.6 Å². The number of amides is 1. The summed E-state index contributed by atoms with van der Waals surface area (Å²) in [5.41, 5.74) is 2.14. The number of halogens is 1. The van der Waals surface area contributed by atoms with Crippen molar-refractivity contribution in [2.45, 2.75) is 45.4 Å². The van der Waals surface area contributed by atoms with E-state index < -0.39 is 15.9 Å². The second-order valence-corrected chi connectivity index (χ2v) is 10.6. The van der Waals surface area contributed by atoms with Crippen molar-refractivity contribution in [2.75, 3.05) is 11.5 Å². The van der Waals surface area contributed by atoms with Crippen LogP contribution in [0.3, 0.4) is 0 Å². The van der Waals surface area contributed by atoms with Gasteiger partial charge in [0.15, 0.2) is 15.9 Å². The van der Waals surface area contributed by atoms with E-state index in [1.807, 2.05) is 48.5 Å². The Labute approximate surface area is 181 Å². The van der Waals surface area contributed by atoms with E-state index in [0.717, 1.165) is 16.5 Å². The first-order valence-corrected chi connectivity index (χ1v) is 12.4. The molecule has 2 atom stereocenters. The molecular weight excluding hydrogens is 454 g/mol. The largest absolute Gasteiger partial charge is 0.481 e. The lowest BCUT2D eigenvalue weighted by molar-refractivity contribution is -0.140. The van der Waals surface area contributed by atoms with Crippen LogP contribution >= 0.6 is 15.9 Å².